The number of aromatic nitrogens is 2. The summed E-state index contributed by atoms with van der Waals surface area (Å²) < 4.78 is 15.8. The third-order valence-electron chi connectivity index (χ3n) is 3.79. The first-order chi connectivity index (χ1) is 12.7. The number of rotatable bonds is 7. The molecule has 0 aliphatic carbocycles. The van der Waals surface area contributed by atoms with Crippen LogP contribution in [0.2, 0.25) is 0 Å². The van der Waals surface area contributed by atoms with Crippen molar-refractivity contribution in [1.82, 2.24) is 15.5 Å². The van der Waals surface area contributed by atoms with Crippen LogP contribution in [0.15, 0.2) is 53.1 Å². The predicted octanol–water partition coefficient (Wildman–Crippen LogP) is 2.73. The van der Waals surface area contributed by atoms with Crippen LogP contribution in [-0.4, -0.2) is 36.8 Å². The SMILES string of the molecule is COc1ccccc1C(=O)NCCc1nc(-c2ccccc2OC)no1. The van der Waals surface area contributed by atoms with E-state index in [2.05, 4.69) is 15.5 Å². The number of nitrogens with zero attached hydrogens (tertiary/aromatic N) is 2. The fourth-order valence-corrected chi connectivity index (χ4v) is 2.51. The Morgan fingerprint density at radius 1 is 1.04 bits per heavy atom. The molecule has 0 spiro atoms. The van der Waals surface area contributed by atoms with Crippen molar-refractivity contribution in [2.45, 2.75) is 6.42 Å². The zero-order valence-electron chi connectivity index (χ0n) is 14.6. The van der Waals surface area contributed by atoms with Gasteiger partial charge in [0.2, 0.25) is 11.7 Å². The van der Waals surface area contributed by atoms with Crippen LogP contribution in [0, 0.1) is 0 Å². The van der Waals surface area contributed by atoms with Crippen LogP contribution in [0.25, 0.3) is 11.4 Å². The number of methoxy groups -OCH3 is 2. The molecule has 1 heterocycles. The third-order valence-corrected chi connectivity index (χ3v) is 3.79. The lowest BCUT2D eigenvalue weighted by Crippen LogP contribution is -2.26. The van der Waals surface area contributed by atoms with Crippen molar-refractivity contribution in [2.75, 3.05) is 20.8 Å². The number of carbonyl (C=O) groups is 1. The third kappa shape index (κ3) is 3.83. The minimum absolute atomic E-state index is 0.216. The molecular formula is C19H19N3O4. The maximum atomic E-state index is 12.3. The van der Waals surface area contributed by atoms with E-state index in [9.17, 15) is 4.79 Å². The molecule has 134 valence electrons. The molecule has 0 unspecified atom stereocenters. The van der Waals surface area contributed by atoms with Gasteiger partial charge >= 0.3 is 0 Å². The quantitative estimate of drug-likeness (QED) is 0.703. The van der Waals surface area contributed by atoms with Crippen LogP contribution in [0.3, 0.4) is 0 Å². The zero-order chi connectivity index (χ0) is 18.4. The van der Waals surface area contributed by atoms with Gasteiger partial charge in [0, 0.05) is 13.0 Å². The summed E-state index contributed by atoms with van der Waals surface area (Å²) in [6.07, 6.45) is 0.420. The van der Waals surface area contributed by atoms with Crippen LogP contribution in [0.5, 0.6) is 11.5 Å². The lowest BCUT2D eigenvalue weighted by atomic mass is 10.2. The van der Waals surface area contributed by atoms with E-state index in [0.717, 1.165) is 5.56 Å². The maximum absolute atomic E-state index is 12.3. The lowest BCUT2D eigenvalue weighted by Gasteiger charge is -2.08. The first-order valence-corrected chi connectivity index (χ1v) is 8.10. The molecule has 0 bridgehead atoms. The minimum atomic E-state index is -0.216. The highest BCUT2D eigenvalue weighted by atomic mass is 16.5. The molecule has 1 N–H and O–H groups in total. The molecule has 0 saturated carbocycles. The second kappa shape index (κ2) is 8.15. The molecule has 3 aromatic rings. The summed E-state index contributed by atoms with van der Waals surface area (Å²) in [6, 6.07) is 14.5. The summed E-state index contributed by atoms with van der Waals surface area (Å²) in [5.41, 5.74) is 1.23. The molecule has 2 aromatic carbocycles. The highest BCUT2D eigenvalue weighted by Crippen LogP contribution is 2.27. The fourth-order valence-electron chi connectivity index (χ4n) is 2.51. The molecule has 0 saturated heterocycles. The Hall–Kier alpha value is -3.35. The monoisotopic (exact) mass is 353 g/mol. The zero-order valence-corrected chi connectivity index (χ0v) is 14.6. The second-order valence-corrected chi connectivity index (χ2v) is 5.42. The Morgan fingerprint density at radius 2 is 1.73 bits per heavy atom. The van der Waals surface area contributed by atoms with E-state index in [1.165, 1.54) is 7.11 Å². The van der Waals surface area contributed by atoms with Crippen molar-refractivity contribution in [2.24, 2.45) is 0 Å². The molecule has 1 amide bonds. The molecular weight excluding hydrogens is 334 g/mol. The summed E-state index contributed by atoms with van der Waals surface area (Å²) in [7, 11) is 3.12. The van der Waals surface area contributed by atoms with Gasteiger partial charge in [-0.1, -0.05) is 29.4 Å². The van der Waals surface area contributed by atoms with Gasteiger partial charge in [0.1, 0.15) is 11.5 Å². The Balaban J connectivity index is 1.61. The highest BCUT2D eigenvalue weighted by molar-refractivity contribution is 5.96. The van der Waals surface area contributed by atoms with Crippen LogP contribution < -0.4 is 14.8 Å². The maximum Gasteiger partial charge on any atom is 0.255 e. The van der Waals surface area contributed by atoms with Gasteiger partial charge in [-0.25, -0.2) is 0 Å². The van der Waals surface area contributed by atoms with Crippen molar-refractivity contribution in [3.63, 3.8) is 0 Å². The lowest BCUT2D eigenvalue weighted by molar-refractivity contribution is 0.0950. The summed E-state index contributed by atoms with van der Waals surface area (Å²) in [6.45, 7) is 0.366. The summed E-state index contributed by atoms with van der Waals surface area (Å²) in [5, 5.41) is 6.80. The van der Waals surface area contributed by atoms with Crippen LogP contribution in [0.1, 0.15) is 16.2 Å². The standard InChI is InChI=1S/C19H19N3O4/c1-24-15-9-5-3-7-13(15)18-21-17(26-22-18)11-12-20-19(23)14-8-4-6-10-16(14)25-2/h3-10H,11-12H2,1-2H3,(H,20,23). The number of hydrogen-bond donors (Lipinski definition) is 1. The number of hydrogen-bond acceptors (Lipinski definition) is 6. The van der Waals surface area contributed by atoms with Crippen molar-refractivity contribution in [1.29, 1.82) is 0 Å². The predicted molar refractivity (Wildman–Crippen MR) is 95.3 cm³/mol. The van der Waals surface area contributed by atoms with E-state index in [1.54, 1.807) is 25.3 Å². The average molecular weight is 353 g/mol. The van der Waals surface area contributed by atoms with Crippen LogP contribution >= 0.6 is 0 Å². The number of ether oxygens (including phenoxy) is 2. The first kappa shape index (κ1) is 17.5. The average Bonchev–Trinajstić information content (AvgIpc) is 3.16. The van der Waals surface area contributed by atoms with Gasteiger partial charge in [0.15, 0.2) is 0 Å². The van der Waals surface area contributed by atoms with Crippen LogP contribution in [-0.2, 0) is 6.42 Å². The van der Waals surface area contributed by atoms with Gasteiger partial charge < -0.3 is 19.3 Å². The summed E-state index contributed by atoms with van der Waals surface area (Å²) >= 11 is 0. The second-order valence-electron chi connectivity index (χ2n) is 5.42. The van der Waals surface area contributed by atoms with Crippen molar-refractivity contribution < 1.29 is 18.8 Å². The minimum Gasteiger partial charge on any atom is -0.496 e. The van der Waals surface area contributed by atoms with E-state index >= 15 is 0 Å². The molecule has 0 fully saturated rings. The first-order valence-electron chi connectivity index (χ1n) is 8.10. The van der Waals surface area contributed by atoms with E-state index in [4.69, 9.17) is 14.0 Å². The molecule has 7 nitrogen and oxygen atoms in total. The van der Waals surface area contributed by atoms with Gasteiger partial charge in [-0.3, -0.25) is 4.79 Å². The molecule has 3 rings (SSSR count). The number of nitrogens with one attached hydrogen (secondary N) is 1. The summed E-state index contributed by atoms with van der Waals surface area (Å²) in [5.74, 6) is 1.87. The highest BCUT2D eigenvalue weighted by Gasteiger charge is 2.14. The van der Waals surface area contributed by atoms with Crippen molar-refractivity contribution in [3.05, 3.63) is 60.0 Å². The Kier molecular flexibility index (Phi) is 5.48. The summed E-state index contributed by atoms with van der Waals surface area (Å²) in [4.78, 5) is 16.6. The topological polar surface area (TPSA) is 86.5 Å². The molecule has 0 aliphatic heterocycles. The molecule has 7 heteroatoms. The van der Waals surface area contributed by atoms with E-state index in [1.807, 2.05) is 30.3 Å². The van der Waals surface area contributed by atoms with Crippen LogP contribution in [0.4, 0.5) is 0 Å². The Morgan fingerprint density at radius 3 is 2.50 bits per heavy atom. The smallest absolute Gasteiger partial charge is 0.255 e. The molecule has 0 radical (unpaired) electrons. The normalized spacial score (nSPS) is 10.4. The van der Waals surface area contributed by atoms with E-state index in [0.29, 0.717) is 41.7 Å². The number of carbonyl (C=O) groups excluding carboxylic acids is 1. The van der Waals surface area contributed by atoms with Crippen molar-refractivity contribution in [3.8, 4) is 22.9 Å². The van der Waals surface area contributed by atoms with Gasteiger partial charge in [-0.05, 0) is 24.3 Å². The largest absolute Gasteiger partial charge is 0.496 e. The van der Waals surface area contributed by atoms with Gasteiger partial charge in [0.05, 0.1) is 25.3 Å². The molecule has 1 aromatic heterocycles. The van der Waals surface area contributed by atoms with Crippen molar-refractivity contribution >= 4 is 5.91 Å². The van der Waals surface area contributed by atoms with Gasteiger partial charge in [-0.2, -0.15) is 4.98 Å². The molecule has 0 atom stereocenters. The van der Waals surface area contributed by atoms with Gasteiger partial charge in [0.25, 0.3) is 5.91 Å². The number of amides is 1. The van der Waals surface area contributed by atoms with Gasteiger partial charge in [-0.15, -0.1) is 0 Å². The molecule has 26 heavy (non-hydrogen) atoms. The Labute approximate surface area is 150 Å². The number of para-hydroxylation sites is 2. The Bertz CT molecular complexity index is 892. The van der Waals surface area contributed by atoms with E-state index < -0.39 is 0 Å². The fraction of sp³-hybridized carbons (Fsp3) is 0.211. The number of benzene rings is 2. The van der Waals surface area contributed by atoms with E-state index in [-0.39, 0.29) is 5.91 Å². The molecule has 0 aliphatic rings.